The van der Waals surface area contributed by atoms with Crippen molar-refractivity contribution in [1.29, 1.82) is 0 Å². The van der Waals surface area contributed by atoms with Gasteiger partial charge in [-0.1, -0.05) is 18.2 Å². The number of oxazole rings is 1. The molecule has 0 fully saturated rings. The highest BCUT2D eigenvalue weighted by Gasteiger charge is 2.26. The molecule has 0 saturated heterocycles. The normalized spacial score (nSPS) is 14.2. The van der Waals surface area contributed by atoms with Crippen molar-refractivity contribution in [1.82, 2.24) is 14.9 Å². The molecule has 118 valence electrons. The minimum atomic E-state index is -0.0110. The van der Waals surface area contributed by atoms with E-state index in [2.05, 4.69) is 9.97 Å². The van der Waals surface area contributed by atoms with E-state index in [1.54, 1.807) is 12.0 Å². The van der Waals surface area contributed by atoms with Crippen molar-refractivity contribution in [3.05, 3.63) is 53.4 Å². The van der Waals surface area contributed by atoms with E-state index in [0.29, 0.717) is 37.7 Å². The number of ether oxygens (including phenoxy) is 1. The quantitative estimate of drug-likeness (QED) is 0.806. The van der Waals surface area contributed by atoms with Gasteiger partial charge in [0.15, 0.2) is 0 Å². The number of nitrogens with one attached hydrogen (secondary N) is 1. The molecule has 6 nitrogen and oxygen atoms in total. The van der Waals surface area contributed by atoms with E-state index in [1.807, 2.05) is 30.3 Å². The summed E-state index contributed by atoms with van der Waals surface area (Å²) < 4.78 is 10.7. The van der Waals surface area contributed by atoms with Gasteiger partial charge in [-0.2, -0.15) is 0 Å². The first-order valence-electron chi connectivity index (χ1n) is 7.58. The average molecular weight is 311 g/mol. The molecule has 0 unspecified atom stereocenters. The molecule has 1 aliphatic heterocycles. The standard InChI is InChI=1S/C17H17N3O3/c1-22-10-16-19-14-9-20(7-6-15(14)23-16)17(21)13-8-11-4-2-3-5-12(11)18-13/h2-5,8,18H,6-7,9-10H2,1H3. The number of rotatable bonds is 3. The first kappa shape index (κ1) is 14.0. The van der Waals surface area contributed by atoms with Gasteiger partial charge in [0.05, 0.1) is 6.54 Å². The van der Waals surface area contributed by atoms with Gasteiger partial charge < -0.3 is 19.0 Å². The number of aromatic nitrogens is 2. The Morgan fingerprint density at radius 3 is 3.13 bits per heavy atom. The number of carbonyl (C=O) groups excluding carboxylic acids is 1. The predicted molar refractivity (Wildman–Crippen MR) is 84.0 cm³/mol. The fourth-order valence-corrected chi connectivity index (χ4v) is 2.97. The Labute approximate surface area is 133 Å². The largest absolute Gasteiger partial charge is 0.443 e. The summed E-state index contributed by atoms with van der Waals surface area (Å²) in [6.07, 6.45) is 0.679. The van der Waals surface area contributed by atoms with E-state index in [1.165, 1.54) is 0 Å². The number of carbonyl (C=O) groups is 1. The highest BCUT2D eigenvalue weighted by molar-refractivity contribution is 5.98. The zero-order valence-electron chi connectivity index (χ0n) is 12.8. The molecule has 0 radical (unpaired) electrons. The molecule has 3 heterocycles. The second kappa shape index (κ2) is 5.55. The van der Waals surface area contributed by atoms with Crippen molar-refractivity contribution in [2.24, 2.45) is 0 Å². The van der Waals surface area contributed by atoms with Crippen LogP contribution in [-0.4, -0.2) is 34.4 Å². The highest BCUT2D eigenvalue weighted by Crippen LogP contribution is 2.23. The Kier molecular flexibility index (Phi) is 3.38. The zero-order chi connectivity index (χ0) is 15.8. The minimum Gasteiger partial charge on any atom is -0.443 e. The molecule has 1 N–H and O–H groups in total. The van der Waals surface area contributed by atoms with Crippen LogP contribution in [0.4, 0.5) is 0 Å². The van der Waals surface area contributed by atoms with Crippen LogP contribution >= 0.6 is 0 Å². The number of amides is 1. The average Bonchev–Trinajstić information content (AvgIpc) is 3.16. The second-order valence-electron chi connectivity index (χ2n) is 5.66. The molecule has 1 aliphatic rings. The Hall–Kier alpha value is -2.60. The van der Waals surface area contributed by atoms with Gasteiger partial charge in [-0.25, -0.2) is 4.98 Å². The third kappa shape index (κ3) is 2.51. The number of hydrogen-bond donors (Lipinski definition) is 1. The van der Waals surface area contributed by atoms with Crippen molar-refractivity contribution in [3.8, 4) is 0 Å². The van der Waals surface area contributed by atoms with E-state index in [4.69, 9.17) is 9.15 Å². The fraction of sp³-hybridized carbons (Fsp3) is 0.294. The van der Waals surface area contributed by atoms with E-state index in [-0.39, 0.29) is 5.91 Å². The lowest BCUT2D eigenvalue weighted by Crippen LogP contribution is -2.36. The number of benzene rings is 1. The molecule has 0 aliphatic carbocycles. The molecule has 6 heteroatoms. The summed E-state index contributed by atoms with van der Waals surface area (Å²) in [6, 6.07) is 9.77. The van der Waals surface area contributed by atoms with Crippen LogP contribution in [0, 0.1) is 0 Å². The molecule has 0 atom stereocenters. The predicted octanol–water partition coefficient (Wildman–Crippen LogP) is 2.50. The van der Waals surface area contributed by atoms with Crippen LogP contribution in [0.15, 0.2) is 34.7 Å². The molecular weight excluding hydrogens is 294 g/mol. The second-order valence-corrected chi connectivity index (χ2v) is 5.66. The molecule has 2 aromatic heterocycles. The van der Waals surface area contributed by atoms with Crippen molar-refractivity contribution >= 4 is 16.8 Å². The molecule has 4 rings (SSSR count). The van der Waals surface area contributed by atoms with Crippen molar-refractivity contribution in [2.45, 2.75) is 19.6 Å². The molecule has 1 aromatic carbocycles. The van der Waals surface area contributed by atoms with Gasteiger partial charge in [-0.3, -0.25) is 4.79 Å². The SMILES string of the molecule is COCc1nc2c(o1)CCN(C(=O)c1cc3ccccc3[nH]1)C2. The van der Waals surface area contributed by atoms with Crippen LogP contribution < -0.4 is 0 Å². The number of para-hydroxylation sites is 1. The summed E-state index contributed by atoms with van der Waals surface area (Å²) in [5.74, 6) is 1.42. The third-order valence-corrected chi connectivity index (χ3v) is 4.09. The topological polar surface area (TPSA) is 71.4 Å². The van der Waals surface area contributed by atoms with Crippen LogP contribution in [0.5, 0.6) is 0 Å². The summed E-state index contributed by atoms with van der Waals surface area (Å²) in [6.45, 7) is 1.45. The summed E-state index contributed by atoms with van der Waals surface area (Å²) >= 11 is 0. The van der Waals surface area contributed by atoms with Crippen LogP contribution in [0.25, 0.3) is 10.9 Å². The Balaban J connectivity index is 1.57. The maximum absolute atomic E-state index is 12.7. The summed E-state index contributed by atoms with van der Waals surface area (Å²) in [7, 11) is 1.61. The molecule has 23 heavy (non-hydrogen) atoms. The van der Waals surface area contributed by atoms with Crippen molar-refractivity contribution < 1.29 is 13.9 Å². The Morgan fingerprint density at radius 2 is 2.30 bits per heavy atom. The van der Waals surface area contributed by atoms with Crippen LogP contribution in [0.2, 0.25) is 0 Å². The summed E-state index contributed by atoms with van der Waals surface area (Å²) in [5, 5.41) is 1.04. The molecule has 3 aromatic rings. The van der Waals surface area contributed by atoms with Crippen LogP contribution in [-0.2, 0) is 24.3 Å². The highest BCUT2D eigenvalue weighted by atomic mass is 16.5. The number of nitrogens with zero attached hydrogens (tertiary/aromatic N) is 2. The maximum Gasteiger partial charge on any atom is 0.270 e. The monoisotopic (exact) mass is 311 g/mol. The zero-order valence-corrected chi connectivity index (χ0v) is 12.8. The van der Waals surface area contributed by atoms with E-state index in [9.17, 15) is 4.79 Å². The summed E-state index contributed by atoms with van der Waals surface area (Å²) in [5.41, 5.74) is 2.40. The first-order valence-corrected chi connectivity index (χ1v) is 7.58. The van der Waals surface area contributed by atoms with Crippen molar-refractivity contribution in [3.63, 3.8) is 0 Å². The lowest BCUT2D eigenvalue weighted by Gasteiger charge is -2.24. The van der Waals surface area contributed by atoms with Gasteiger partial charge >= 0.3 is 0 Å². The maximum atomic E-state index is 12.7. The first-order chi connectivity index (χ1) is 11.2. The number of fused-ring (bicyclic) bond motifs is 2. The van der Waals surface area contributed by atoms with E-state index in [0.717, 1.165) is 22.4 Å². The smallest absolute Gasteiger partial charge is 0.270 e. The molecular formula is C17H17N3O3. The van der Waals surface area contributed by atoms with Gasteiger partial charge in [0, 0.05) is 31.0 Å². The lowest BCUT2D eigenvalue weighted by molar-refractivity contribution is 0.0722. The molecule has 1 amide bonds. The van der Waals surface area contributed by atoms with Gasteiger partial charge in [0.2, 0.25) is 5.89 Å². The fourth-order valence-electron chi connectivity index (χ4n) is 2.97. The van der Waals surface area contributed by atoms with Gasteiger partial charge in [0.1, 0.15) is 23.8 Å². The Bertz CT molecular complexity index is 832. The van der Waals surface area contributed by atoms with Crippen LogP contribution in [0.3, 0.4) is 0 Å². The van der Waals surface area contributed by atoms with E-state index >= 15 is 0 Å². The van der Waals surface area contributed by atoms with Gasteiger partial charge in [0.25, 0.3) is 5.91 Å². The van der Waals surface area contributed by atoms with Crippen LogP contribution in [0.1, 0.15) is 27.8 Å². The minimum absolute atomic E-state index is 0.0110. The van der Waals surface area contributed by atoms with Gasteiger partial charge in [-0.05, 0) is 12.1 Å². The number of aromatic amines is 1. The summed E-state index contributed by atoms with van der Waals surface area (Å²) in [4.78, 5) is 22.1. The molecule has 0 bridgehead atoms. The van der Waals surface area contributed by atoms with E-state index < -0.39 is 0 Å². The number of methoxy groups -OCH3 is 1. The molecule has 0 spiro atoms. The number of hydrogen-bond acceptors (Lipinski definition) is 4. The lowest BCUT2D eigenvalue weighted by atomic mass is 10.1. The van der Waals surface area contributed by atoms with Gasteiger partial charge in [-0.15, -0.1) is 0 Å². The number of H-pyrrole nitrogens is 1. The Morgan fingerprint density at radius 1 is 1.43 bits per heavy atom. The molecule has 0 saturated carbocycles. The third-order valence-electron chi connectivity index (χ3n) is 4.09. The van der Waals surface area contributed by atoms with Crippen molar-refractivity contribution in [2.75, 3.05) is 13.7 Å².